The lowest BCUT2D eigenvalue weighted by Gasteiger charge is -2.25. The number of esters is 1. The average molecular weight is 408 g/mol. The van der Waals surface area contributed by atoms with Gasteiger partial charge in [0.2, 0.25) is 5.91 Å². The summed E-state index contributed by atoms with van der Waals surface area (Å²) in [5, 5.41) is 12.8. The van der Waals surface area contributed by atoms with E-state index in [1.165, 1.54) is 0 Å². The zero-order valence-electron chi connectivity index (χ0n) is 15.9. The molecule has 2 aromatic carbocycles. The highest BCUT2D eigenvalue weighted by molar-refractivity contribution is 8.03. The quantitative estimate of drug-likeness (QED) is 0.694. The normalized spacial score (nSPS) is 16.0. The lowest BCUT2D eigenvalue weighted by molar-refractivity contribution is -0.139. The number of benzene rings is 2. The summed E-state index contributed by atoms with van der Waals surface area (Å²) in [5.74, 6) is 0.355. The van der Waals surface area contributed by atoms with Crippen LogP contribution >= 0.6 is 11.8 Å². The monoisotopic (exact) mass is 408 g/mol. The Morgan fingerprint density at radius 2 is 1.97 bits per heavy atom. The lowest BCUT2D eigenvalue weighted by atomic mass is 9.87. The topological polar surface area (TPSA) is 88.4 Å². The van der Waals surface area contributed by atoms with Crippen LogP contribution in [-0.2, 0) is 14.3 Å². The molecule has 0 aromatic heterocycles. The van der Waals surface area contributed by atoms with E-state index in [1.54, 1.807) is 6.92 Å². The molecule has 0 saturated carbocycles. The smallest absolute Gasteiger partial charge is 0.316 e. The van der Waals surface area contributed by atoms with Crippen molar-refractivity contribution in [3.63, 3.8) is 0 Å². The van der Waals surface area contributed by atoms with Gasteiger partial charge < -0.3 is 14.8 Å². The predicted octanol–water partition coefficient (Wildman–Crippen LogP) is 4.11. The Hall–Kier alpha value is -3.24. The van der Waals surface area contributed by atoms with Crippen molar-refractivity contribution >= 4 is 23.6 Å². The average Bonchev–Trinajstić information content (AvgIpc) is 2.73. The number of nitrogens with one attached hydrogen (secondary N) is 1. The molecule has 1 amide bonds. The molecule has 0 saturated heterocycles. The van der Waals surface area contributed by atoms with Crippen molar-refractivity contribution < 1.29 is 19.1 Å². The number of hydrogen-bond acceptors (Lipinski definition) is 6. The van der Waals surface area contributed by atoms with Crippen LogP contribution in [0.5, 0.6) is 11.5 Å². The first-order chi connectivity index (χ1) is 14.1. The third-order valence-corrected chi connectivity index (χ3v) is 5.23. The van der Waals surface area contributed by atoms with Crippen LogP contribution in [-0.4, -0.2) is 24.2 Å². The number of carbonyl (C=O) groups excluding carboxylic acids is 2. The van der Waals surface area contributed by atoms with Crippen molar-refractivity contribution in [3.05, 3.63) is 70.8 Å². The number of nitrogens with zero attached hydrogens (tertiary/aromatic N) is 1. The van der Waals surface area contributed by atoms with E-state index in [-0.39, 0.29) is 24.7 Å². The Labute approximate surface area is 173 Å². The molecule has 1 aliphatic heterocycles. The number of rotatable bonds is 7. The van der Waals surface area contributed by atoms with Crippen LogP contribution in [0.1, 0.15) is 24.8 Å². The largest absolute Gasteiger partial charge is 0.465 e. The van der Waals surface area contributed by atoms with Crippen molar-refractivity contribution in [1.29, 1.82) is 5.26 Å². The van der Waals surface area contributed by atoms with Gasteiger partial charge in [0.25, 0.3) is 0 Å². The van der Waals surface area contributed by atoms with Gasteiger partial charge in [-0.1, -0.05) is 42.1 Å². The van der Waals surface area contributed by atoms with Crippen molar-refractivity contribution in [3.8, 4) is 17.6 Å². The number of hydrogen-bond donors (Lipinski definition) is 1. The molecule has 0 spiro atoms. The standard InChI is InChI=1S/C22H20N2O4S/c1-2-27-21(26)14-29-22-19(13-23)18(12-20(25)24-22)15-7-6-10-17(11-15)28-16-8-4-3-5-9-16/h3-11,18H,2,12,14H2,1H3,(H,24,25)/t18-/m0/s1. The van der Waals surface area contributed by atoms with E-state index < -0.39 is 11.9 Å². The maximum atomic E-state index is 12.2. The SMILES string of the molecule is CCOC(=O)CSC1=C(C#N)[C@H](c2cccc(Oc3ccccc3)c2)CC(=O)N1. The highest BCUT2D eigenvalue weighted by Crippen LogP contribution is 2.37. The molecular weight excluding hydrogens is 388 g/mol. The molecule has 0 radical (unpaired) electrons. The molecule has 148 valence electrons. The second-order valence-corrected chi connectivity index (χ2v) is 7.23. The molecule has 1 aliphatic rings. The van der Waals surface area contributed by atoms with Crippen LogP contribution in [0.3, 0.4) is 0 Å². The van der Waals surface area contributed by atoms with Gasteiger partial charge in [-0.3, -0.25) is 9.59 Å². The maximum Gasteiger partial charge on any atom is 0.316 e. The first-order valence-electron chi connectivity index (χ1n) is 9.16. The Kier molecular flexibility index (Phi) is 6.93. The molecular formula is C22H20N2O4S. The molecule has 6 nitrogen and oxygen atoms in total. The van der Waals surface area contributed by atoms with E-state index in [2.05, 4.69) is 11.4 Å². The third-order valence-electron chi connectivity index (χ3n) is 4.24. The summed E-state index contributed by atoms with van der Waals surface area (Å²) in [5.41, 5.74) is 1.23. The fourth-order valence-corrected chi connectivity index (χ4v) is 3.85. The van der Waals surface area contributed by atoms with Crippen LogP contribution in [0, 0.1) is 11.3 Å². The third kappa shape index (κ3) is 5.39. The number of thioether (sulfide) groups is 1. The van der Waals surface area contributed by atoms with Gasteiger partial charge in [0.05, 0.1) is 29.0 Å². The Bertz CT molecular complexity index is 966. The van der Waals surface area contributed by atoms with E-state index in [0.29, 0.717) is 22.1 Å². The van der Waals surface area contributed by atoms with Crippen LogP contribution in [0.4, 0.5) is 0 Å². The minimum atomic E-state index is -0.405. The number of ether oxygens (including phenoxy) is 2. The van der Waals surface area contributed by atoms with Gasteiger partial charge >= 0.3 is 5.97 Å². The summed E-state index contributed by atoms with van der Waals surface area (Å²) in [6.45, 7) is 2.01. The van der Waals surface area contributed by atoms with Crippen molar-refractivity contribution in [2.75, 3.05) is 12.4 Å². The summed E-state index contributed by atoms with van der Waals surface area (Å²) in [6.07, 6.45) is 0.154. The van der Waals surface area contributed by atoms with E-state index >= 15 is 0 Å². The van der Waals surface area contributed by atoms with Crippen LogP contribution < -0.4 is 10.1 Å². The van der Waals surface area contributed by atoms with Gasteiger partial charge in [0.15, 0.2) is 0 Å². The predicted molar refractivity (Wildman–Crippen MR) is 110 cm³/mol. The molecule has 7 heteroatoms. The lowest BCUT2D eigenvalue weighted by Crippen LogP contribution is -2.31. The van der Waals surface area contributed by atoms with Crippen LogP contribution in [0.25, 0.3) is 0 Å². The number of nitriles is 1. The summed E-state index contributed by atoms with van der Waals surface area (Å²) in [7, 11) is 0. The number of allylic oxidation sites excluding steroid dienone is 1. The van der Waals surface area contributed by atoms with Gasteiger partial charge in [0.1, 0.15) is 11.5 Å². The molecule has 1 heterocycles. The van der Waals surface area contributed by atoms with E-state index in [0.717, 1.165) is 17.3 Å². The highest BCUT2D eigenvalue weighted by atomic mass is 32.2. The highest BCUT2D eigenvalue weighted by Gasteiger charge is 2.30. The van der Waals surface area contributed by atoms with Crippen LogP contribution in [0.15, 0.2) is 65.2 Å². The summed E-state index contributed by atoms with van der Waals surface area (Å²) in [4.78, 5) is 23.9. The van der Waals surface area contributed by atoms with Gasteiger partial charge in [0, 0.05) is 12.3 Å². The maximum absolute atomic E-state index is 12.2. The molecule has 29 heavy (non-hydrogen) atoms. The number of amides is 1. The Morgan fingerprint density at radius 1 is 1.21 bits per heavy atom. The summed E-state index contributed by atoms with van der Waals surface area (Å²) < 4.78 is 10.8. The number of carbonyl (C=O) groups is 2. The molecule has 0 aliphatic carbocycles. The van der Waals surface area contributed by atoms with Crippen molar-refractivity contribution in [2.45, 2.75) is 19.3 Å². The Balaban J connectivity index is 1.85. The molecule has 0 bridgehead atoms. The molecule has 1 atom stereocenters. The first-order valence-corrected chi connectivity index (χ1v) is 10.1. The fraction of sp³-hybridized carbons (Fsp3) is 0.227. The minimum Gasteiger partial charge on any atom is -0.465 e. The van der Waals surface area contributed by atoms with E-state index in [1.807, 2.05) is 54.6 Å². The zero-order chi connectivity index (χ0) is 20.6. The second kappa shape index (κ2) is 9.80. The summed E-state index contributed by atoms with van der Waals surface area (Å²) >= 11 is 1.11. The molecule has 3 rings (SSSR count). The first kappa shape index (κ1) is 20.5. The van der Waals surface area contributed by atoms with E-state index in [4.69, 9.17) is 9.47 Å². The van der Waals surface area contributed by atoms with Gasteiger partial charge in [-0.15, -0.1) is 0 Å². The fourth-order valence-electron chi connectivity index (χ4n) is 2.97. The zero-order valence-corrected chi connectivity index (χ0v) is 16.7. The van der Waals surface area contributed by atoms with Crippen molar-refractivity contribution in [1.82, 2.24) is 5.32 Å². The van der Waals surface area contributed by atoms with Gasteiger partial charge in [-0.2, -0.15) is 5.26 Å². The molecule has 1 N–H and O–H groups in total. The molecule has 2 aromatic rings. The number of para-hydroxylation sites is 1. The van der Waals surface area contributed by atoms with E-state index in [9.17, 15) is 14.9 Å². The summed E-state index contributed by atoms with van der Waals surface area (Å²) in [6, 6.07) is 18.9. The van der Waals surface area contributed by atoms with Crippen molar-refractivity contribution in [2.24, 2.45) is 0 Å². The molecule has 0 fully saturated rings. The minimum absolute atomic E-state index is 0.0263. The Morgan fingerprint density at radius 3 is 2.69 bits per heavy atom. The molecule has 0 unspecified atom stereocenters. The second-order valence-electron chi connectivity index (χ2n) is 6.24. The van der Waals surface area contributed by atoms with Crippen LogP contribution in [0.2, 0.25) is 0 Å². The van der Waals surface area contributed by atoms with Gasteiger partial charge in [-0.05, 0) is 36.8 Å². The van der Waals surface area contributed by atoms with Gasteiger partial charge in [-0.25, -0.2) is 0 Å².